The van der Waals surface area contributed by atoms with E-state index in [1.54, 1.807) is 18.2 Å². The molecule has 1 atom stereocenters. The lowest BCUT2D eigenvalue weighted by atomic mass is 10.1. The van der Waals surface area contributed by atoms with E-state index in [0.717, 1.165) is 22.4 Å². The number of aromatic nitrogens is 2. The van der Waals surface area contributed by atoms with Gasteiger partial charge >= 0.3 is 5.97 Å². The molecular formula is C26H22ClN3O3. The van der Waals surface area contributed by atoms with Crippen molar-refractivity contribution in [2.24, 2.45) is 0 Å². The zero-order valence-electron chi connectivity index (χ0n) is 17.7. The van der Waals surface area contributed by atoms with E-state index >= 15 is 0 Å². The van der Waals surface area contributed by atoms with Crippen LogP contribution < -0.4 is 10.1 Å². The van der Waals surface area contributed by atoms with Gasteiger partial charge in [-0.3, -0.25) is 0 Å². The van der Waals surface area contributed by atoms with Crippen LogP contribution in [0.1, 0.15) is 11.1 Å². The molecule has 33 heavy (non-hydrogen) atoms. The van der Waals surface area contributed by atoms with Gasteiger partial charge in [0, 0.05) is 23.1 Å². The molecule has 0 aliphatic heterocycles. The Bertz CT molecular complexity index is 1200. The maximum Gasteiger partial charge on any atom is 0.326 e. The quantitative estimate of drug-likeness (QED) is 0.344. The average molecular weight is 460 g/mol. The SMILES string of the molecule is O=C(O)C(Cc1ccc(Cl)cc1)Nc1cc(-c2ccc(OCc3ccccc3)cc2)ncn1. The fourth-order valence-electron chi connectivity index (χ4n) is 3.29. The maximum atomic E-state index is 11.8. The number of hydrogen-bond donors (Lipinski definition) is 2. The molecule has 4 aromatic rings. The summed E-state index contributed by atoms with van der Waals surface area (Å²) in [6.45, 7) is 0.492. The fraction of sp³-hybridized carbons (Fsp3) is 0.115. The highest BCUT2D eigenvalue weighted by molar-refractivity contribution is 6.30. The minimum atomic E-state index is -0.968. The summed E-state index contributed by atoms with van der Waals surface area (Å²) in [5, 5.41) is 13.3. The Morgan fingerprint density at radius 1 is 0.939 bits per heavy atom. The highest BCUT2D eigenvalue weighted by Crippen LogP contribution is 2.23. The second-order valence-corrected chi connectivity index (χ2v) is 7.89. The number of benzene rings is 3. The Balaban J connectivity index is 1.43. The molecule has 0 fully saturated rings. The summed E-state index contributed by atoms with van der Waals surface area (Å²) in [6, 6.07) is 25.5. The normalized spacial score (nSPS) is 11.5. The second-order valence-electron chi connectivity index (χ2n) is 7.45. The van der Waals surface area contributed by atoms with Gasteiger partial charge in [0.2, 0.25) is 0 Å². The van der Waals surface area contributed by atoms with Gasteiger partial charge in [-0.25, -0.2) is 14.8 Å². The molecule has 0 saturated heterocycles. The van der Waals surface area contributed by atoms with Crippen molar-refractivity contribution in [3.05, 3.63) is 107 Å². The molecule has 0 bridgehead atoms. The van der Waals surface area contributed by atoms with Gasteiger partial charge in [0.15, 0.2) is 0 Å². The molecule has 4 rings (SSSR count). The van der Waals surface area contributed by atoms with Gasteiger partial charge in [0.25, 0.3) is 0 Å². The summed E-state index contributed by atoms with van der Waals surface area (Å²) in [5.74, 6) is 0.222. The Hall–Kier alpha value is -3.90. The Morgan fingerprint density at radius 2 is 1.67 bits per heavy atom. The monoisotopic (exact) mass is 459 g/mol. The highest BCUT2D eigenvalue weighted by Gasteiger charge is 2.19. The van der Waals surface area contributed by atoms with E-state index < -0.39 is 12.0 Å². The van der Waals surface area contributed by atoms with Crippen LogP contribution in [-0.4, -0.2) is 27.1 Å². The summed E-state index contributed by atoms with van der Waals surface area (Å²) in [4.78, 5) is 20.3. The number of rotatable bonds is 9. The molecule has 0 saturated carbocycles. The number of nitrogens with one attached hydrogen (secondary N) is 1. The molecule has 0 spiro atoms. The fourth-order valence-corrected chi connectivity index (χ4v) is 3.42. The van der Waals surface area contributed by atoms with Crippen LogP contribution in [0.15, 0.2) is 91.3 Å². The molecular weight excluding hydrogens is 438 g/mol. The Kier molecular flexibility index (Phi) is 7.17. The Morgan fingerprint density at radius 3 is 2.36 bits per heavy atom. The van der Waals surface area contributed by atoms with Crippen molar-refractivity contribution in [2.45, 2.75) is 19.1 Å². The first-order valence-corrected chi connectivity index (χ1v) is 10.8. The van der Waals surface area contributed by atoms with Crippen LogP contribution in [0.3, 0.4) is 0 Å². The van der Waals surface area contributed by atoms with E-state index in [-0.39, 0.29) is 0 Å². The molecule has 0 amide bonds. The van der Waals surface area contributed by atoms with Gasteiger partial charge in [-0.15, -0.1) is 0 Å². The molecule has 166 valence electrons. The summed E-state index contributed by atoms with van der Waals surface area (Å²) in [5.41, 5.74) is 3.51. The summed E-state index contributed by atoms with van der Waals surface area (Å²) < 4.78 is 5.83. The predicted octanol–water partition coefficient (Wildman–Crippen LogP) is 5.48. The third kappa shape index (κ3) is 6.30. The molecule has 2 N–H and O–H groups in total. The average Bonchev–Trinajstić information content (AvgIpc) is 2.85. The van der Waals surface area contributed by atoms with Crippen LogP contribution in [-0.2, 0) is 17.8 Å². The molecule has 0 radical (unpaired) electrons. The van der Waals surface area contributed by atoms with Crippen molar-refractivity contribution < 1.29 is 14.6 Å². The molecule has 1 aromatic heterocycles. The lowest BCUT2D eigenvalue weighted by Crippen LogP contribution is -2.31. The first-order valence-electron chi connectivity index (χ1n) is 10.4. The first kappa shape index (κ1) is 22.3. The number of ether oxygens (including phenoxy) is 1. The Labute approximate surface area is 196 Å². The molecule has 6 nitrogen and oxygen atoms in total. The molecule has 0 aliphatic rings. The lowest BCUT2D eigenvalue weighted by Gasteiger charge is -2.15. The van der Waals surface area contributed by atoms with E-state index in [1.807, 2.05) is 66.7 Å². The zero-order valence-corrected chi connectivity index (χ0v) is 18.4. The number of nitrogens with zero attached hydrogens (tertiary/aromatic N) is 2. The van der Waals surface area contributed by atoms with Gasteiger partial charge < -0.3 is 15.2 Å². The summed E-state index contributed by atoms with van der Waals surface area (Å²) in [6.07, 6.45) is 1.71. The van der Waals surface area contributed by atoms with E-state index in [1.165, 1.54) is 6.33 Å². The van der Waals surface area contributed by atoms with Crippen molar-refractivity contribution in [1.82, 2.24) is 9.97 Å². The number of aliphatic carboxylic acids is 1. The first-order chi connectivity index (χ1) is 16.1. The summed E-state index contributed by atoms with van der Waals surface area (Å²) in [7, 11) is 0. The minimum Gasteiger partial charge on any atom is -0.489 e. The number of carbonyl (C=O) groups is 1. The van der Waals surface area contributed by atoms with Crippen molar-refractivity contribution in [3.8, 4) is 17.0 Å². The van der Waals surface area contributed by atoms with Crippen LogP contribution in [0.4, 0.5) is 5.82 Å². The van der Waals surface area contributed by atoms with Crippen molar-refractivity contribution in [1.29, 1.82) is 0 Å². The van der Waals surface area contributed by atoms with Crippen LogP contribution in [0.25, 0.3) is 11.3 Å². The number of anilines is 1. The molecule has 7 heteroatoms. The molecule has 1 heterocycles. The third-order valence-electron chi connectivity index (χ3n) is 5.04. The van der Waals surface area contributed by atoms with Gasteiger partial charge in [-0.1, -0.05) is 54.1 Å². The second kappa shape index (κ2) is 10.6. The van der Waals surface area contributed by atoms with E-state index in [0.29, 0.717) is 29.6 Å². The predicted molar refractivity (Wildman–Crippen MR) is 128 cm³/mol. The smallest absolute Gasteiger partial charge is 0.326 e. The zero-order chi connectivity index (χ0) is 23.0. The van der Waals surface area contributed by atoms with E-state index in [9.17, 15) is 9.90 Å². The van der Waals surface area contributed by atoms with Gasteiger partial charge in [-0.2, -0.15) is 0 Å². The maximum absolute atomic E-state index is 11.8. The van der Waals surface area contributed by atoms with Crippen molar-refractivity contribution in [3.63, 3.8) is 0 Å². The van der Waals surface area contributed by atoms with E-state index in [4.69, 9.17) is 16.3 Å². The largest absolute Gasteiger partial charge is 0.489 e. The van der Waals surface area contributed by atoms with Crippen LogP contribution in [0.2, 0.25) is 5.02 Å². The number of hydrogen-bond acceptors (Lipinski definition) is 5. The third-order valence-corrected chi connectivity index (χ3v) is 5.29. The summed E-state index contributed by atoms with van der Waals surface area (Å²) >= 11 is 5.91. The van der Waals surface area contributed by atoms with Crippen molar-refractivity contribution in [2.75, 3.05) is 5.32 Å². The molecule has 0 aliphatic carbocycles. The molecule has 1 unspecified atom stereocenters. The van der Waals surface area contributed by atoms with Gasteiger partial charge in [0.05, 0.1) is 5.69 Å². The number of carboxylic acid groups (broad SMARTS) is 1. The lowest BCUT2D eigenvalue weighted by molar-refractivity contribution is -0.137. The topological polar surface area (TPSA) is 84.3 Å². The van der Waals surface area contributed by atoms with Gasteiger partial charge in [-0.05, 0) is 47.5 Å². The highest BCUT2D eigenvalue weighted by atomic mass is 35.5. The number of carboxylic acids is 1. The van der Waals surface area contributed by atoms with Crippen LogP contribution >= 0.6 is 11.6 Å². The van der Waals surface area contributed by atoms with Gasteiger partial charge in [0.1, 0.15) is 30.5 Å². The van der Waals surface area contributed by atoms with Crippen LogP contribution in [0.5, 0.6) is 5.75 Å². The molecule has 3 aromatic carbocycles. The number of halogens is 1. The standard InChI is InChI=1S/C26H22ClN3O3/c27-21-10-6-18(7-11-21)14-24(26(31)32)30-25-15-23(28-17-29-25)20-8-12-22(13-9-20)33-16-19-4-2-1-3-5-19/h1-13,15,17,24H,14,16H2,(H,31,32)(H,28,29,30). The van der Waals surface area contributed by atoms with Crippen molar-refractivity contribution >= 4 is 23.4 Å². The minimum absolute atomic E-state index is 0.291. The van der Waals surface area contributed by atoms with Crippen LogP contribution in [0, 0.1) is 0 Å². The van der Waals surface area contributed by atoms with E-state index in [2.05, 4.69) is 15.3 Å².